The number of benzene rings is 3. The number of nitrogens with two attached hydrogens (primary N) is 1. The number of guanidine groups is 1. The Balaban J connectivity index is 1.53. The third-order valence-corrected chi connectivity index (χ3v) is 5.04. The van der Waals surface area contributed by atoms with Gasteiger partial charge in [0.2, 0.25) is 0 Å². The van der Waals surface area contributed by atoms with Gasteiger partial charge < -0.3 is 11.1 Å². The Labute approximate surface area is 148 Å². The van der Waals surface area contributed by atoms with E-state index in [2.05, 4.69) is 71.8 Å². The van der Waals surface area contributed by atoms with E-state index in [-0.39, 0.29) is 0 Å². The van der Waals surface area contributed by atoms with Crippen molar-refractivity contribution < 1.29 is 0 Å². The molecule has 1 aliphatic carbocycles. The first kappa shape index (κ1) is 15.7. The number of hydrogen-bond donors (Lipinski definition) is 2. The molecule has 25 heavy (non-hydrogen) atoms. The van der Waals surface area contributed by atoms with Gasteiger partial charge >= 0.3 is 0 Å². The molecule has 126 valence electrons. The fourth-order valence-electron chi connectivity index (χ4n) is 3.66. The molecule has 0 aliphatic heterocycles. The van der Waals surface area contributed by atoms with Crippen LogP contribution in [0, 0.1) is 0 Å². The van der Waals surface area contributed by atoms with Crippen LogP contribution in [0.4, 0.5) is 5.69 Å². The Kier molecular flexibility index (Phi) is 4.14. The fourth-order valence-corrected chi connectivity index (χ4v) is 3.66. The molecule has 1 aliphatic rings. The van der Waals surface area contributed by atoms with Gasteiger partial charge in [-0.05, 0) is 41.0 Å². The predicted molar refractivity (Wildman–Crippen MR) is 106 cm³/mol. The summed E-state index contributed by atoms with van der Waals surface area (Å²) >= 11 is 0. The van der Waals surface area contributed by atoms with Gasteiger partial charge in [-0.2, -0.15) is 0 Å². The van der Waals surface area contributed by atoms with Gasteiger partial charge in [0.25, 0.3) is 0 Å². The van der Waals surface area contributed by atoms with E-state index in [1.807, 2.05) is 6.07 Å². The summed E-state index contributed by atoms with van der Waals surface area (Å²) in [6, 6.07) is 21.3. The fraction of sp³-hybridized carbons (Fsp3) is 0.227. The van der Waals surface area contributed by atoms with E-state index in [1.54, 1.807) is 0 Å². The van der Waals surface area contributed by atoms with Crippen molar-refractivity contribution in [2.75, 3.05) is 11.9 Å². The number of aryl methyl sites for hydroxylation is 2. The standard InChI is InChI=1S/C22H23N3/c1-15(16-6-3-2-4-7-16)14-24-22(23)25-20-13-12-18-11-10-17-8-5-9-19(20)21(17)18/h2-9,12-13,15H,10-11,14H2,1H3,(H3,23,24,25). The van der Waals surface area contributed by atoms with Crippen molar-refractivity contribution >= 4 is 22.4 Å². The molecule has 0 amide bonds. The van der Waals surface area contributed by atoms with Crippen LogP contribution in [0.25, 0.3) is 10.8 Å². The van der Waals surface area contributed by atoms with Crippen LogP contribution in [0.2, 0.25) is 0 Å². The minimum atomic E-state index is 0.342. The molecule has 0 aromatic heterocycles. The van der Waals surface area contributed by atoms with Crippen LogP contribution in [0.5, 0.6) is 0 Å². The van der Waals surface area contributed by atoms with Crippen LogP contribution >= 0.6 is 0 Å². The minimum absolute atomic E-state index is 0.342. The third-order valence-electron chi connectivity index (χ3n) is 5.04. The Morgan fingerprint density at radius 1 is 1.00 bits per heavy atom. The average molecular weight is 329 g/mol. The summed E-state index contributed by atoms with van der Waals surface area (Å²) in [5.41, 5.74) is 11.3. The van der Waals surface area contributed by atoms with Crippen molar-refractivity contribution in [3.8, 4) is 0 Å². The largest absolute Gasteiger partial charge is 0.370 e. The van der Waals surface area contributed by atoms with E-state index in [9.17, 15) is 0 Å². The van der Waals surface area contributed by atoms with Crippen LogP contribution in [0.3, 0.4) is 0 Å². The summed E-state index contributed by atoms with van der Waals surface area (Å²) in [5, 5.41) is 5.93. The summed E-state index contributed by atoms with van der Waals surface area (Å²) in [7, 11) is 0. The topological polar surface area (TPSA) is 50.4 Å². The quantitative estimate of drug-likeness (QED) is 0.548. The zero-order chi connectivity index (χ0) is 17.2. The van der Waals surface area contributed by atoms with E-state index in [1.165, 1.54) is 27.5 Å². The molecule has 0 heterocycles. The first-order valence-corrected chi connectivity index (χ1v) is 8.88. The molecule has 3 N–H and O–H groups in total. The van der Waals surface area contributed by atoms with Crippen LogP contribution < -0.4 is 11.1 Å². The van der Waals surface area contributed by atoms with Crippen LogP contribution in [0.15, 0.2) is 65.7 Å². The van der Waals surface area contributed by atoms with Crippen molar-refractivity contribution in [1.82, 2.24) is 0 Å². The highest BCUT2D eigenvalue weighted by molar-refractivity contribution is 6.05. The second-order valence-electron chi connectivity index (χ2n) is 6.77. The van der Waals surface area contributed by atoms with Gasteiger partial charge in [0.1, 0.15) is 0 Å². The van der Waals surface area contributed by atoms with Crippen molar-refractivity contribution in [2.45, 2.75) is 25.7 Å². The molecule has 3 nitrogen and oxygen atoms in total. The second kappa shape index (κ2) is 6.60. The van der Waals surface area contributed by atoms with Crippen LogP contribution in [-0.4, -0.2) is 12.5 Å². The summed E-state index contributed by atoms with van der Waals surface area (Å²) in [4.78, 5) is 4.55. The summed E-state index contributed by atoms with van der Waals surface area (Å²) < 4.78 is 0. The van der Waals surface area contributed by atoms with Crippen molar-refractivity contribution in [3.63, 3.8) is 0 Å². The molecular formula is C22H23N3. The smallest absolute Gasteiger partial charge is 0.193 e. The maximum Gasteiger partial charge on any atom is 0.193 e. The SMILES string of the molecule is CC(CN=C(N)Nc1ccc2c3c(cccc13)CC2)c1ccccc1. The molecule has 0 radical (unpaired) electrons. The number of nitrogens with one attached hydrogen (secondary N) is 1. The lowest BCUT2D eigenvalue weighted by Gasteiger charge is -2.12. The molecule has 0 saturated heterocycles. The minimum Gasteiger partial charge on any atom is -0.370 e. The lowest BCUT2D eigenvalue weighted by molar-refractivity contribution is 0.774. The van der Waals surface area contributed by atoms with E-state index >= 15 is 0 Å². The van der Waals surface area contributed by atoms with E-state index < -0.39 is 0 Å². The second-order valence-corrected chi connectivity index (χ2v) is 6.77. The zero-order valence-electron chi connectivity index (χ0n) is 14.5. The highest BCUT2D eigenvalue weighted by Crippen LogP contribution is 2.34. The summed E-state index contributed by atoms with van der Waals surface area (Å²) in [5.74, 6) is 0.816. The lowest BCUT2D eigenvalue weighted by atomic mass is 10.0. The molecule has 3 heteroatoms. The van der Waals surface area contributed by atoms with Crippen molar-refractivity contribution in [1.29, 1.82) is 0 Å². The molecule has 1 unspecified atom stereocenters. The maximum atomic E-state index is 6.15. The maximum absolute atomic E-state index is 6.15. The molecule has 3 aromatic carbocycles. The first-order valence-electron chi connectivity index (χ1n) is 8.88. The molecule has 1 atom stereocenters. The van der Waals surface area contributed by atoms with E-state index in [0.717, 1.165) is 18.5 Å². The molecular weight excluding hydrogens is 306 g/mol. The molecule has 0 saturated carbocycles. The van der Waals surface area contributed by atoms with Gasteiger partial charge in [-0.3, -0.25) is 4.99 Å². The molecule has 0 fully saturated rings. The Hall–Kier alpha value is -2.81. The van der Waals surface area contributed by atoms with E-state index in [0.29, 0.717) is 18.4 Å². The first-order chi connectivity index (χ1) is 12.2. The monoisotopic (exact) mass is 329 g/mol. The molecule has 3 aromatic rings. The molecule has 0 bridgehead atoms. The Morgan fingerprint density at radius 3 is 2.56 bits per heavy atom. The van der Waals surface area contributed by atoms with Gasteiger partial charge in [-0.25, -0.2) is 0 Å². The third kappa shape index (κ3) is 3.10. The molecule has 4 rings (SSSR count). The Morgan fingerprint density at radius 2 is 1.76 bits per heavy atom. The van der Waals surface area contributed by atoms with Crippen molar-refractivity contribution in [3.05, 3.63) is 77.4 Å². The summed E-state index contributed by atoms with van der Waals surface area (Å²) in [6.07, 6.45) is 2.27. The summed E-state index contributed by atoms with van der Waals surface area (Å²) in [6.45, 7) is 2.84. The van der Waals surface area contributed by atoms with Gasteiger partial charge in [-0.1, -0.05) is 61.5 Å². The highest BCUT2D eigenvalue weighted by atomic mass is 15.1. The number of hydrogen-bond acceptors (Lipinski definition) is 1. The normalized spacial score (nSPS) is 14.7. The van der Waals surface area contributed by atoms with Gasteiger partial charge in [0, 0.05) is 23.5 Å². The lowest BCUT2D eigenvalue weighted by Crippen LogP contribution is -2.23. The van der Waals surface area contributed by atoms with Crippen molar-refractivity contribution in [2.24, 2.45) is 10.7 Å². The number of rotatable bonds is 4. The number of nitrogens with zero attached hydrogens (tertiary/aromatic N) is 1. The Bertz CT molecular complexity index is 918. The highest BCUT2D eigenvalue weighted by Gasteiger charge is 2.15. The average Bonchev–Trinajstić information content (AvgIpc) is 3.07. The van der Waals surface area contributed by atoms with Crippen LogP contribution in [-0.2, 0) is 12.8 Å². The van der Waals surface area contributed by atoms with E-state index in [4.69, 9.17) is 5.73 Å². The van der Waals surface area contributed by atoms with Gasteiger partial charge in [0.15, 0.2) is 5.96 Å². The van der Waals surface area contributed by atoms with Gasteiger partial charge in [-0.15, -0.1) is 0 Å². The van der Waals surface area contributed by atoms with Crippen LogP contribution in [0.1, 0.15) is 29.5 Å². The zero-order valence-corrected chi connectivity index (χ0v) is 14.5. The predicted octanol–water partition coefficient (Wildman–Crippen LogP) is 4.47. The number of aliphatic imine (C=N–C) groups is 1. The number of anilines is 1. The van der Waals surface area contributed by atoms with Gasteiger partial charge in [0.05, 0.1) is 0 Å². The molecule has 0 spiro atoms.